The largest absolute Gasteiger partial charge is 0.300 e. The number of benzene rings is 1. The minimum Gasteiger partial charge on any atom is -0.300 e. The van der Waals surface area contributed by atoms with Crippen molar-refractivity contribution in [3.63, 3.8) is 0 Å². The van der Waals surface area contributed by atoms with Crippen LogP contribution in [0.1, 0.15) is 37.0 Å². The molecule has 0 amide bonds. The molecule has 1 heterocycles. The summed E-state index contributed by atoms with van der Waals surface area (Å²) >= 11 is 0. The van der Waals surface area contributed by atoms with Crippen molar-refractivity contribution in [3.05, 3.63) is 35.9 Å². The molecule has 0 saturated carbocycles. The molecule has 0 unspecified atom stereocenters. The third-order valence-electron chi connectivity index (χ3n) is 3.79. The summed E-state index contributed by atoms with van der Waals surface area (Å²) in [5.74, 6) is 0.501. The van der Waals surface area contributed by atoms with Crippen LogP contribution in [-0.4, -0.2) is 29.8 Å². The molecule has 1 aromatic carbocycles. The van der Waals surface area contributed by atoms with E-state index in [2.05, 4.69) is 18.7 Å². The second-order valence-corrected chi connectivity index (χ2v) is 4.90. The number of hydrogen-bond donors (Lipinski definition) is 0. The third kappa shape index (κ3) is 2.58. The van der Waals surface area contributed by atoms with E-state index in [0.717, 1.165) is 31.5 Å². The summed E-state index contributed by atoms with van der Waals surface area (Å²) in [6.07, 6.45) is 2.17. The van der Waals surface area contributed by atoms with Gasteiger partial charge in [0.2, 0.25) is 0 Å². The van der Waals surface area contributed by atoms with Crippen LogP contribution in [0, 0.1) is 5.92 Å². The molecular formula is C15H21NO. The molecule has 0 aliphatic carbocycles. The van der Waals surface area contributed by atoms with Crippen LogP contribution in [0.15, 0.2) is 30.3 Å². The van der Waals surface area contributed by atoms with Gasteiger partial charge in [0.25, 0.3) is 0 Å². The van der Waals surface area contributed by atoms with Crippen molar-refractivity contribution >= 4 is 5.78 Å². The predicted octanol–water partition coefficient (Wildman–Crippen LogP) is 2.99. The van der Waals surface area contributed by atoms with Gasteiger partial charge in [-0.25, -0.2) is 0 Å². The molecule has 1 aromatic rings. The molecule has 0 aromatic heterocycles. The van der Waals surface area contributed by atoms with Crippen molar-refractivity contribution in [2.75, 3.05) is 13.1 Å². The van der Waals surface area contributed by atoms with Gasteiger partial charge < -0.3 is 0 Å². The smallest absolute Gasteiger partial charge is 0.167 e. The molecule has 1 fully saturated rings. The molecule has 2 atom stereocenters. The van der Waals surface area contributed by atoms with Gasteiger partial charge in [0.15, 0.2) is 5.78 Å². The van der Waals surface area contributed by atoms with Gasteiger partial charge in [-0.1, -0.05) is 37.3 Å². The van der Waals surface area contributed by atoms with E-state index in [0.29, 0.717) is 11.8 Å². The molecule has 92 valence electrons. The molecular weight excluding hydrogens is 210 g/mol. The summed E-state index contributed by atoms with van der Waals surface area (Å²) in [6, 6.07) is 10.1. The molecule has 0 radical (unpaired) electrons. The van der Waals surface area contributed by atoms with E-state index < -0.39 is 0 Å². The van der Waals surface area contributed by atoms with E-state index in [1.807, 2.05) is 30.3 Å². The fraction of sp³-hybridized carbons (Fsp3) is 0.533. The van der Waals surface area contributed by atoms with E-state index in [-0.39, 0.29) is 5.92 Å². The van der Waals surface area contributed by atoms with Gasteiger partial charge in [-0.2, -0.15) is 0 Å². The Morgan fingerprint density at radius 3 is 2.71 bits per heavy atom. The average Bonchev–Trinajstić information content (AvgIpc) is 2.72. The molecule has 1 aliphatic heterocycles. The van der Waals surface area contributed by atoms with Gasteiger partial charge >= 0.3 is 0 Å². The third-order valence-corrected chi connectivity index (χ3v) is 3.79. The first-order valence-electron chi connectivity index (χ1n) is 6.57. The molecule has 0 bridgehead atoms. The Bertz CT molecular complexity index is 374. The van der Waals surface area contributed by atoms with Crippen molar-refractivity contribution in [1.82, 2.24) is 4.90 Å². The van der Waals surface area contributed by atoms with Crippen LogP contribution in [0.3, 0.4) is 0 Å². The minimum atomic E-state index is 0.184. The maximum absolute atomic E-state index is 12.4. The zero-order chi connectivity index (χ0) is 12.3. The summed E-state index contributed by atoms with van der Waals surface area (Å²) in [5, 5.41) is 0. The predicted molar refractivity (Wildman–Crippen MR) is 70.2 cm³/mol. The Balaban J connectivity index is 2.07. The van der Waals surface area contributed by atoms with Crippen LogP contribution in [-0.2, 0) is 0 Å². The molecule has 0 N–H and O–H groups in total. The minimum absolute atomic E-state index is 0.184. The number of likely N-dealkylation sites (tertiary alicyclic amines) is 1. The quantitative estimate of drug-likeness (QED) is 0.742. The van der Waals surface area contributed by atoms with Crippen molar-refractivity contribution in [3.8, 4) is 0 Å². The summed E-state index contributed by atoms with van der Waals surface area (Å²) < 4.78 is 0. The highest BCUT2D eigenvalue weighted by atomic mass is 16.1. The number of Topliss-reactive ketones (excluding diaryl/α,β-unsaturated/α-hetero) is 1. The Kier molecular flexibility index (Phi) is 3.95. The first-order valence-corrected chi connectivity index (χ1v) is 6.57. The van der Waals surface area contributed by atoms with Crippen LogP contribution < -0.4 is 0 Å². The first-order chi connectivity index (χ1) is 8.24. The van der Waals surface area contributed by atoms with Crippen LogP contribution in [0.5, 0.6) is 0 Å². The Morgan fingerprint density at radius 2 is 2.06 bits per heavy atom. The first kappa shape index (κ1) is 12.3. The van der Waals surface area contributed by atoms with Gasteiger partial charge in [-0.15, -0.1) is 0 Å². The molecule has 2 nitrogen and oxygen atoms in total. The number of rotatable bonds is 4. The molecule has 2 heteroatoms. The zero-order valence-electron chi connectivity index (χ0n) is 10.7. The summed E-state index contributed by atoms with van der Waals surface area (Å²) in [5.41, 5.74) is 0.864. The Morgan fingerprint density at radius 1 is 1.35 bits per heavy atom. The molecule has 1 aliphatic rings. The van der Waals surface area contributed by atoms with Crippen molar-refractivity contribution in [2.45, 2.75) is 32.7 Å². The van der Waals surface area contributed by atoms with Crippen LogP contribution in [0.4, 0.5) is 0 Å². The monoisotopic (exact) mass is 231 g/mol. The molecule has 17 heavy (non-hydrogen) atoms. The van der Waals surface area contributed by atoms with E-state index in [1.54, 1.807) is 0 Å². The maximum atomic E-state index is 12.4. The number of carbonyl (C=O) groups is 1. The highest BCUT2D eigenvalue weighted by Gasteiger charge is 2.35. The number of hydrogen-bond acceptors (Lipinski definition) is 2. The standard InChI is InChI=1S/C15H21NO/c1-3-10-16-11-9-14(12(16)2)15(17)13-7-5-4-6-8-13/h4-8,12,14H,3,9-11H2,1-2H3/t12-,14-/m1/s1. The van der Waals surface area contributed by atoms with Gasteiger partial charge in [0.05, 0.1) is 0 Å². The summed E-state index contributed by atoms with van der Waals surface area (Å²) in [6.45, 7) is 6.56. The highest BCUT2D eigenvalue weighted by molar-refractivity contribution is 5.98. The summed E-state index contributed by atoms with van der Waals surface area (Å²) in [4.78, 5) is 14.8. The normalized spacial score (nSPS) is 25.1. The Hall–Kier alpha value is -1.15. The fourth-order valence-corrected chi connectivity index (χ4v) is 2.77. The second-order valence-electron chi connectivity index (χ2n) is 4.90. The van der Waals surface area contributed by atoms with Crippen LogP contribution in [0.25, 0.3) is 0 Å². The van der Waals surface area contributed by atoms with Crippen molar-refractivity contribution in [2.24, 2.45) is 5.92 Å². The van der Waals surface area contributed by atoms with Crippen molar-refractivity contribution < 1.29 is 4.79 Å². The number of ketones is 1. The lowest BCUT2D eigenvalue weighted by atomic mass is 9.92. The maximum Gasteiger partial charge on any atom is 0.167 e. The van der Waals surface area contributed by atoms with E-state index >= 15 is 0 Å². The number of nitrogens with zero attached hydrogens (tertiary/aromatic N) is 1. The van der Waals surface area contributed by atoms with Crippen molar-refractivity contribution in [1.29, 1.82) is 0 Å². The van der Waals surface area contributed by atoms with Crippen LogP contribution in [0.2, 0.25) is 0 Å². The fourth-order valence-electron chi connectivity index (χ4n) is 2.77. The van der Waals surface area contributed by atoms with E-state index in [4.69, 9.17) is 0 Å². The highest BCUT2D eigenvalue weighted by Crippen LogP contribution is 2.27. The molecule has 1 saturated heterocycles. The summed E-state index contributed by atoms with van der Waals surface area (Å²) in [7, 11) is 0. The number of carbonyl (C=O) groups excluding carboxylic acids is 1. The van der Waals surface area contributed by atoms with Gasteiger partial charge in [0.1, 0.15) is 0 Å². The lowest BCUT2D eigenvalue weighted by Gasteiger charge is -2.23. The van der Waals surface area contributed by atoms with Gasteiger partial charge in [0, 0.05) is 17.5 Å². The van der Waals surface area contributed by atoms with Gasteiger partial charge in [-0.3, -0.25) is 9.69 Å². The lowest BCUT2D eigenvalue weighted by molar-refractivity contribution is 0.0891. The zero-order valence-corrected chi connectivity index (χ0v) is 10.7. The van der Waals surface area contributed by atoms with E-state index in [1.165, 1.54) is 0 Å². The topological polar surface area (TPSA) is 20.3 Å². The lowest BCUT2D eigenvalue weighted by Crippen LogP contribution is -2.33. The molecule has 2 rings (SSSR count). The SMILES string of the molecule is CCCN1CC[C@@H](C(=O)c2ccccc2)[C@H]1C. The second kappa shape index (κ2) is 5.46. The van der Waals surface area contributed by atoms with Gasteiger partial charge in [-0.05, 0) is 32.9 Å². The van der Waals surface area contributed by atoms with Crippen LogP contribution >= 0.6 is 0 Å². The van der Waals surface area contributed by atoms with E-state index in [9.17, 15) is 4.79 Å². The average molecular weight is 231 g/mol. The Labute approximate surface area is 104 Å². The molecule has 0 spiro atoms.